The summed E-state index contributed by atoms with van der Waals surface area (Å²) in [6, 6.07) is 8.57. The molecule has 0 bridgehead atoms. The third kappa shape index (κ3) is 7.70. The van der Waals surface area contributed by atoms with E-state index in [0.29, 0.717) is 5.56 Å². The molecule has 0 radical (unpaired) electrons. The highest BCUT2D eigenvalue weighted by atomic mass is 19.4. The largest absolute Gasteiger partial charge is 0.406 e. The monoisotopic (exact) mass is 303 g/mol. The van der Waals surface area contributed by atoms with Gasteiger partial charge in [0.25, 0.3) is 0 Å². The molecule has 0 aliphatic heterocycles. The first kappa shape index (κ1) is 17.5. The molecule has 3 nitrogen and oxygen atoms in total. The van der Waals surface area contributed by atoms with Gasteiger partial charge in [0.05, 0.1) is 5.60 Å². The smallest absolute Gasteiger partial charge is 0.366 e. The van der Waals surface area contributed by atoms with Crippen molar-refractivity contribution in [1.29, 1.82) is 0 Å². The minimum absolute atomic E-state index is 0.0906. The number of amides is 1. The summed E-state index contributed by atoms with van der Waals surface area (Å²) in [5, 5.41) is 0. The zero-order valence-corrected chi connectivity index (χ0v) is 12.4. The Morgan fingerprint density at radius 1 is 1.14 bits per heavy atom. The maximum absolute atomic E-state index is 12.6. The van der Waals surface area contributed by atoms with Crippen molar-refractivity contribution in [1.82, 2.24) is 4.90 Å². The summed E-state index contributed by atoms with van der Waals surface area (Å²) in [6.07, 6.45) is -4.44. The molecule has 0 aromatic heterocycles. The second-order valence-electron chi connectivity index (χ2n) is 5.75. The molecule has 21 heavy (non-hydrogen) atoms. The highest BCUT2D eigenvalue weighted by Crippen LogP contribution is 2.19. The molecule has 118 valence electrons. The number of benzene rings is 1. The molecule has 0 spiro atoms. The van der Waals surface area contributed by atoms with Gasteiger partial charge in [-0.15, -0.1) is 0 Å². The molecular formula is C15H20F3NO2. The van der Waals surface area contributed by atoms with Gasteiger partial charge in [0, 0.05) is 6.54 Å². The van der Waals surface area contributed by atoms with E-state index < -0.39 is 24.2 Å². The molecule has 0 N–H and O–H groups in total. The van der Waals surface area contributed by atoms with Gasteiger partial charge in [-0.25, -0.2) is 0 Å². The van der Waals surface area contributed by atoms with Crippen LogP contribution in [0, 0.1) is 0 Å². The van der Waals surface area contributed by atoms with Crippen LogP contribution in [0.15, 0.2) is 30.3 Å². The molecule has 0 unspecified atom stereocenters. The van der Waals surface area contributed by atoms with E-state index in [2.05, 4.69) is 0 Å². The average molecular weight is 303 g/mol. The van der Waals surface area contributed by atoms with Gasteiger partial charge in [-0.1, -0.05) is 30.3 Å². The van der Waals surface area contributed by atoms with Crippen LogP contribution in [-0.4, -0.2) is 35.7 Å². The highest BCUT2D eigenvalue weighted by Gasteiger charge is 2.33. The van der Waals surface area contributed by atoms with Gasteiger partial charge in [0.2, 0.25) is 5.91 Å². The Labute approximate surface area is 122 Å². The molecule has 1 aromatic carbocycles. The number of hydrogen-bond acceptors (Lipinski definition) is 2. The third-order valence-electron chi connectivity index (χ3n) is 2.57. The fourth-order valence-electron chi connectivity index (χ4n) is 1.62. The zero-order chi connectivity index (χ0) is 16.1. The molecule has 6 heteroatoms. The van der Waals surface area contributed by atoms with Crippen molar-refractivity contribution < 1.29 is 22.7 Å². The van der Waals surface area contributed by atoms with Gasteiger partial charge < -0.3 is 9.64 Å². The first-order valence-electron chi connectivity index (χ1n) is 6.59. The number of carbonyl (C=O) groups is 1. The van der Waals surface area contributed by atoms with Gasteiger partial charge in [-0.3, -0.25) is 4.79 Å². The van der Waals surface area contributed by atoms with E-state index in [1.165, 1.54) is 0 Å². The predicted octanol–water partition coefficient (Wildman–Crippen LogP) is 3.39. The van der Waals surface area contributed by atoms with E-state index in [1.807, 2.05) is 0 Å². The van der Waals surface area contributed by atoms with Gasteiger partial charge in [0.1, 0.15) is 13.2 Å². The van der Waals surface area contributed by atoms with Crippen molar-refractivity contribution in [3.8, 4) is 0 Å². The summed E-state index contributed by atoms with van der Waals surface area (Å²) >= 11 is 0. The Kier molecular flexibility index (Phi) is 5.78. The maximum atomic E-state index is 12.6. The molecular weight excluding hydrogens is 283 g/mol. The highest BCUT2D eigenvalue weighted by molar-refractivity contribution is 5.77. The molecule has 0 fully saturated rings. The number of carbonyl (C=O) groups excluding carboxylic acids is 1. The SMILES string of the molecule is CC(C)(C)OCC(=O)N(Cc1ccccc1)CC(F)(F)F. The van der Waals surface area contributed by atoms with Crippen molar-refractivity contribution in [2.24, 2.45) is 0 Å². The minimum Gasteiger partial charge on any atom is -0.366 e. The van der Waals surface area contributed by atoms with Gasteiger partial charge >= 0.3 is 6.18 Å². The zero-order valence-electron chi connectivity index (χ0n) is 12.4. The van der Waals surface area contributed by atoms with Crippen LogP contribution in [-0.2, 0) is 16.1 Å². The Morgan fingerprint density at radius 2 is 1.71 bits per heavy atom. The quantitative estimate of drug-likeness (QED) is 0.834. The lowest BCUT2D eigenvalue weighted by molar-refractivity contribution is -0.167. The molecule has 0 saturated carbocycles. The van der Waals surface area contributed by atoms with Crippen LogP contribution in [0.25, 0.3) is 0 Å². The first-order chi connectivity index (χ1) is 9.57. The van der Waals surface area contributed by atoms with Gasteiger partial charge in [0.15, 0.2) is 0 Å². The standard InChI is InChI=1S/C15H20F3NO2/c1-14(2,3)21-10-13(20)19(11-15(16,17)18)9-12-7-5-4-6-8-12/h4-8H,9-11H2,1-3H3. The number of hydrogen-bond donors (Lipinski definition) is 0. The molecule has 1 amide bonds. The fourth-order valence-corrected chi connectivity index (χ4v) is 1.62. The van der Waals surface area contributed by atoms with Crippen LogP contribution < -0.4 is 0 Å². The third-order valence-corrected chi connectivity index (χ3v) is 2.57. The number of alkyl halides is 3. The van der Waals surface area contributed by atoms with Crippen LogP contribution in [0.5, 0.6) is 0 Å². The molecule has 0 aliphatic carbocycles. The van der Waals surface area contributed by atoms with E-state index in [4.69, 9.17) is 4.74 Å². The van der Waals surface area contributed by atoms with Gasteiger partial charge in [-0.05, 0) is 26.3 Å². The number of nitrogens with zero attached hydrogens (tertiary/aromatic N) is 1. The average Bonchev–Trinajstić information content (AvgIpc) is 2.34. The Morgan fingerprint density at radius 3 is 2.19 bits per heavy atom. The van der Waals surface area contributed by atoms with Crippen LogP contribution in [0.4, 0.5) is 13.2 Å². The van der Waals surface area contributed by atoms with E-state index in [0.717, 1.165) is 4.90 Å². The Bertz CT molecular complexity index is 452. The van der Waals surface area contributed by atoms with Crippen molar-refractivity contribution in [3.05, 3.63) is 35.9 Å². The first-order valence-corrected chi connectivity index (χ1v) is 6.59. The molecule has 0 aliphatic rings. The number of ether oxygens (including phenoxy) is 1. The van der Waals surface area contributed by atoms with Gasteiger partial charge in [-0.2, -0.15) is 13.2 Å². The second-order valence-corrected chi connectivity index (χ2v) is 5.75. The lowest BCUT2D eigenvalue weighted by Gasteiger charge is -2.26. The van der Waals surface area contributed by atoms with E-state index in [-0.39, 0.29) is 13.2 Å². The molecule has 0 atom stereocenters. The molecule has 0 heterocycles. The predicted molar refractivity (Wildman–Crippen MR) is 73.6 cm³/mol. The summed E-state index contributed by atoms with van der Waals surface area (Å²) in [5.74, 6) is -0.675. The molecule has 0 saturated heterocycles. The summed E-state index contributed by atoms with van der Waals surface area (Å²) in [5.41, 5.74) is 0.0672. The van der Waals surface area contributed by atoms with Crippen molar-refractivity contribution >= 4 is 5.91 Å². The van der Waals surface area contributed by atoms with Crippen LogP contribution in [0.1, 0.15) is 26.3 Å². The Balaban J connectivity index is 2.74. The number of halogens is 3. The fraction of sp³-hybridized carbons (Fsp3) is 0.533. The lowest BCUT2D eigenvalue weighted by atomic mass is 10.2. The van der Waals surface area contributed by atoms with E-state index in [1.54, 1.807) is 51.1 Å². The summed E-state index contributed by atoms with van der Waals surface area (Å²) in [4.78, 5) is 12.7. The topological polar surface area (TPSA) is 29.5 Å². The summed E-state index contributed by atoms with van der Waals surface area (Å²) in [6.45, 7) is 3.48. The maximum Gasteiger partial charge on any atom is 0.406 e. The summed E-state index contributed by atoms with van der Waals surface area (Å²) < 4.78 is 43.1. The van der Waals surface area contributed by atoms with E-state index in [9.17, 15) is 18.0 Å². The van der Waals surface area contributed by atoms with Crippen LogP contribution in [0.2, 0.25) is 0 Å². The molecule has 1 rings (SSSR count). The van der Waals surface area contributed by atoms with Crippen molar-refractivity contribution in [2.75, 3.05) is 13.2 Å². The van der Waals surface area contributed by atoms with Crippen molar-refractivity contribution in [3.63, 3.8) is 0 Å². The minimum atomic E-state index is -4.44. The normalized spacial score (nSPS) is 12.3. The van der Waals surface area contributed by atoms with Crippen LogP contribution in [0.3, 0.4) is 0 Å². The number of rotatable bonds is 5. The van der Waals surface area contributed by atoms with Crippen molar-refractivity contribution in [2.45, 2.75) is 39.1 Å². The second kappa shape index (κ2) is 6.93. The Hall–Kier alpha value is -1.56. The molecule has 1 aromatic rings. The lowest BCUT2D eigenvalue weighted by Crippen LogP contribution is -2.41. The van der Waals surface area contributed by atoms with E-state index >= 15 is 0 Å². The van der Waals surface area contributed by atoms with Crippen LogP contribution >= 0.6 is 0 Å². The summed E-state index contributed by atoms with van der Waals surface area (Å²) in [7, 11) is 0.